The quantitative estimate of drug-likeness (QED) is 0.608. The van der Waals surface area contributed by atoms with Crippen LogP contribution in [-0.2, 0) is 11.2 Å². The van der Waals surface area contributed by atoms with Gasteiger partial charge in [0.25, 0.3) is 0 Å². The molecule has 0 unspecified atom stereocenters. The Hall–Kier alpha value is -3.17. The lowest BCUT2D eigenvalue weighted by atomic mass is 10.1. The number of anilines is 3. The summed E-state index contributed by atoms with van der Waals surface area (Å²) in [7, 11) is 0. The van der Waals surface area contributed by atoms with Crippen molar-refractivity contribution in [1.82, 2.24) is 4.98 Å². The van der Waals surface area contributed by atoms with E-state index in [1.165, 1.54) is 10.9 Å². The molecule has 4 N–H and O–H groups in total. The number of morpholine rings is 1. The average Bonchev–Trinajstić information content (AvgIpc) is 3.12. The number of hydrogen-bond acceptors (Lipinski definition) is 5. The topological polar surface area (TPSA) is 90.1 Å². The molecule has 2 aromatic carbocycles. The maximum Gasteiger partial charge on any atom is 0.104 e. The van der Waals surface area contributed by atoms with Crippen LogP contribution in [-0.4, -0.2) is 37.8 Å². The lowest BCUT2D eigenvalue weighted by molar-refractivity contribution is 0.123. The molecular weight excluding hydrogens is 338 g/mol. The fourth-order valence-electron chi connectivity index (χ4n) is 3.67. The Morgan fingerprint density at radius 2 is 2.00 bits per heavy atom. The largest absolute Gasteiger partial charge is 0.397 e. The standard InChI is InChI=1S/C21H23N5O/c22-13-17-20(6-5-18(23)21(17)26-9-11-27-12-10-26)24-8-7-15-14-25-19-4-2-1-3-16(15)19/h1-6,14,24-25H,7-12,23H2. The highest BCUT2D eigenvalue weighted by Crippen LogP contribution is 2.33. The monoisotopic (exact) mass is 361 g/mol. The number of nitrogens with two attached hydrogens (primary N) is 1. The molecule has 27 heavy (non-hydrogen) atoms. The fourth-order valence-corrected chi connectivity index (χ4v) is 3.67. The number of para-hydroxylation sites is 1. The maximum atomic E-state index is 9.77. The van der Waals surface area contributed by atoms with E-state index in [4.69, 9.17) is 10.5 Å². The molecule has 2 heterocycles. The van der Waals surface area contributed by atoms with Gasteiger partial charge >= 0.3 is 0 Å². The van der Waals surface area contributed by atoms with Gasteiger partial charge in [0.1, 0.15) is 11.6 Å². The second-order valence-electron chi connectivity index (χ2n) is 6.67. The molecule has 0 amide bonds. The fraction of sp³-hybridized carbons (Fsp3) is 0.286. The molecule has 0 radical (unpaired) electrons. The van der Waals surface area contributed by atoms with E-state index in [0.29, 0.717) is 24.5 Å². The molecule has 1 saturated heterocycles. The molecule has 0 atom stereocenters. The maximum absolute atomic E-state index is 9.77. The van der Waals surface area contributed by atoms with Gasteiger partial charge in [-0.3, -0.25) is 0 Å². The second-order valence-corrected chi connectivity index (χ2v) is 6.67. The number of aromatic amines is 1. The summed E-state index contributed by atoms with van der Waals surface area (Å²) in [4.78, 5) is 5.44. The zero-order valence-electron chi connectivity index (χ0n) is 15.2. The Morgan fingerprint density at radius 1 is 1.19 bits per heavy atom. The van der Waals surface area contributed by atoms with Crippen molar-refractivity contribution in [1.29, 1.82) is 5.26 Å². The molecule has 0 aliphatic carbocycles. The summed E-state index contributed by atoms with van der Waals surface area (Å²) in [6.07, 6.45) is 2.92. The molecule has 0 bridgehead atoms. The van der Waals surface area contributed by atoms with Crippen LogP contribution in [0.1, 0.15) is 11.1 Å². The van der Waals surface area contributed by atoms with E-state index in [1.54, 1.807) is 0 Å². The third-order valence-electron chi connectivity index (χ3n) is 5.03. The van der Waals surface area contributed by atoms with Crippen molar-refractivity contribution < 1.29 is 4.74 Å². The summed E-state index contributed by atoms with van der Waals surface area (Å²) in [5, 5.41) is 14.4. The summed E-state index contributed by atoms with van der Waals surface area (Å²) >= 11 is 0. The van der Waals surface area contributed by atoms with Crippen molar-refractivity contribution in [2.45, 2.75) is 6.42 Å². The first-order valence-electron chi connectivity index (χ1n) is 9.22. The molecular formula is C21H23N5O. The predicted molar refractivity (Wildman–Crippen MR) is 109 cm³/mol. The minimum absolute atomic E-state index is 0.607. The van der Waals surface area contributed by atoms with Gasteiger partial charge in [0.2, 0.25) is 0 Å². The van der Waals surface area contributed by atoms with Crippen LogP contribution in [0.3, 0.4) is 0 Å². The number of nitriles is 1. The number of nitrogens with zero attached hydrogens (tertiary/aromatic N) is 2. The SMILES string of the molecule is N#Cc1c(NCCc2c[nH]c3ccccc23)ccc(N)c1N1CCOCC1. The van der Waals surface area contributed by atoms with Crippen LogP contribution in [0.5, 0.6) is 0 Å². The number of rotatable bonds is 5. The highest BCUT2D eigenvalue weighted by molar-refractivity contribution is 5.84. The number of fused-ring (bicyclic) bond motifs is 1. The van der Waals surface area contributed by atoms with Gasteiger partial charge in [0, 0.05) is 36.7 Å². The Bertz CT molecular complexity index is 982. The van der Waals surface area contributed by atoms with Crippen LogP contribution in [0.15, 0.2) is 42.6 Å². The average molecular weight is 361 g/mol. The summed E-state index contributed by atoms with van der Waals surface area (Å²) in [6, 6.07) is 14.4. The van der Waals surface area contributed by atoms with Gasteiger partial charge in [-0.15, -0.1) is 0 Å². The molecule has 0 spiro atoms. The molecule has 6 nitrogen and oxygen atoms in total. The minimum atomic E-state index is 0.607. The minimum Gasteiger partial charge on any atom is -0.397 e. The summed E-state index contributed by atoms with van der Waals surface area (Å²) < 4.78 is 5.42. The molecule has 3 aromatic rings. The Balaban J connectivity index is 1.52. The van der Waals surface area contributed by atoms with Crippen LogP contribution >= 0.6 is 0 Å². The van der Waals surface area contributed by atoms with Crippen LogP contribution in [0.25, 0.3) is 10.9 Å². The van der Waals surface area contributed by atoms with Crippen molar-refractivity contribution in [2.75, 3.05) is 48.8 Å². The van der Waals surface area contributed by atoms with Crippen molar-refractivity contribution in [2.24, 2.45) is 0 Å². The van der Waals surface area contributed by atoms with Crippen LogP contribution in [0, 0.1) is 11.3 Å². The first-order chi connectivity index (χ1) is 13.3. The van der Waals surface area contributed by atoms with E-state index in [9.17, 15) is 5.26 Å². The Kier molecular flexibility index (Phi) is 4.86. The van der Waals surface area contributed by atoms with Crippen molar-refractivity contribution in [3.8, 4) is 6.07 Å². The third-order valence-corrected chi connectivity index (χ3v) is 5.03. The van der Waals surface area contributed by atoms with Gasteiger partial charge < -0.3 is 25.7 Å². The molecule has 1 fully saturated rings. The smallest absolute Gasteiger partial charge is 0.104 e. The van der Waals surface area contributed by atoms with Gasteiger partial charge in [-0.05, 0) is 30.2 Å². The van der Waals surface area contributed by atoms with E-state index in [0.717, 1.165) is 42.9 Å². The second kappa shape index (κ2) is 7.60. The molecule has 0 saturated carbocycles. The van der Waals surface area contributed by atoms with Gasteiger partial charge in [-0.1, -0.05) is 18.2 Å². The summed E-state index contributed by atoms with van der Waals surface area (Å²) in [5.74, 6) is 0. The van der Waals surface area contributed by atoms with Gasteiger partial charge in [-0.25, -0.2) is 0 Å². The van der Waals surface area contributed by atoms with Crippen LogP contribution < -0.4 is 16.0 Å². The molecule has 138 valence electrons. The predicted octanol–water partition coefficient (Wildman–Crippen LogP) is 3.11. The number of nitrogens with one attached hydrogen (secondary N) is 2. The highest BCUT2D eigenvalue weighted by Gasteiger charge is 2.20. The van der Waals surface area contributed by atoms with Crippen LogP contribution in [0.2, 0.25) is 0 Å². The number of nitrogen functional groups attached to an aromatic ring is 1. The molecule has 1 aliphatic heterocycles. The van der Waals surface area contributed by atoms with Gasteiger partial charge in [0.05, 0.1) is 30.3 Å². The highest BCUT2D eigenvalue weighted by atomic mass is 16.5. The van der Waals surface area contributed by atoms with Gasteiger partial charge in [0.15, 0.2) is 0 Å². The third kappa shape index (κ3) is 3.42. The molecule has 1 aromatic heterocycles. The van der Waals surface area contributed by atoms with Crippen molar-refractivity contribution in [3.05, 3.63) is 53.7 Å². The zero-order chi connectivity index (χ0) is 18.6. The molecule has 1 aliphatic rings. The summed E-state index contributed by atoms with van der Waals surface area (Å²) in [5.41, 5.74) is 11.5. The lowest BCUT2D eigenvalue weighted by Gasteiger charge is -2.31. The van der Waals surface area contributed by atoms with E-state index < -0.39 is 0 Å². The molecule has 6 heteroatoms. The van der Waals surface area contributed by atoms with E-state index in [1.807, 2.05) is 18.2 Å². The number of ether oxygens (including phenoxy) is 1. The van der Waals surface area contributed by atoms with Gasteiger partial charge in [-0.2, -0.15) is 5.26 Å². The Morgan fingerprint density at radius 3 is 2.81 bits per heavy atom. The number of benzene rings is 2. The van der Waals surface area contributed by atoms with Crippen LogP contribution in [0.4, 0.5) is 17.1 Å². The number of hydrogen-bond donors (Lipinski definition) is 3. The van der Waals surface area contributed by atoms with E-state index in [2.05, 4.69) is 45.7 Å². The number of H-pyrrole nitrogens is 1. The lowest BCUT2D eigenvalue weighted by Crippen LogP contribution is -2.37. The first kappa shape index (κ1) is 17.3. The first-order valence-corrected chi connectivity index (χ1v) is 9.22. The van der Waals surface area contributed by atoms with E-state index >= 15 is 0 Å². The number of aromatic nitrogens is 1. The van der Waals surface area contributed by atoms with Crippen molar-refractivity contribution >= 4 is 28.0 Å². The zero-order valence-corrected chi connectivity index (χ0v) is 15.2. The normalized spacial score (nSPS) is 14.3. The molecule has 4 rings (SSSR count). The van der Waals surface area contributed by atoms with Crippen molar-refractivity contribution in [3.63, 3.8) is 0 Å². The Labute approximate surface area is 158 Å². The summed E-state index contributed by atoms with van der Waals surface area (Å²) in [6.45, 7) is 3.55. The van der Waals surface area contributed by atoms with E-state index in [-0.39, 0.29) is 0 Å².